The highest BCUT2D eigenvalue weighted by molar-refractivity contribution is 7.13. The van der Waals surface area contributed by atoms with Gasteiger partial charge in [-0.1, -0.05) is 6.07 Å². The van der Waals surface area contributed by atoms with E-state index in [0.717, 1.165) is 16.6 Å². The molecule has 4 rings (SSSR count). The van der Waals surface area contributed by atoms with Gasteiger partial charge in [0.25, 0.3) is 5.91 Å². The van der Waals surface area contributed by atoms with Crippen molar-refractivity contribution in [3.63, 3.8) is 0 Å². The number of thiophene rings is 1. The van der Waals surface area contributed by atoms with Crippen molar-refractivity contribution in [2.45, 2.75) is 6.18 Å². The maximum atomic E-state index is 12.9. The molecule has 1 fully saturated rings. The summed E-state index contributed by atoms with van der Waals surface area (Å²) in [7, 11) is 1.73. The van der Waals surface area contributed by atoms with E-state index in [9.17, 15) is 18.0 Å². The van der Waals surface area contributed by atoms with Gasteiger partial charge in [-0.2, -0.15) is 18.3 Å². The highest BCUT2D eigenvalue weighted by Gasteiger charge is 2.33. The van der Waals surface area contributed by atoms with E-state index in [1.807, 2.05) is 22.4 Å². The molecule has 0 atom stereocenters. The molecule has 7 nitrogen and oxygen atoms in total. The highest BCUT2D eigenvalue weighted by atomic mass is 32.1. The van der Waals surface area contributed by atoms with Crippen LogP contribution >= 0.6 is 11.3 Å². The van der Waals surface area contributed by atoms with E-state index < -0.39 is 11.9 Å². The van der Waals surface area contributed by atoms with Crippen LogP contribution in [-0.2, 0) is 13.2 Å². The van der Waals surface area contributed by atoms with Gasteiger partial charge in [0, 0.05) is 33.2 Å². The number of rotatable bonds is 3. The van der Waals surface area contributed by atoms with Crippen molar-refractivity contribution < 1.29 is 18.0 Å². The van der Waals surface area contributed by atoms with Gasteiger partial charge in [-0.3, -0.25) is 9.48 Å². The Hall–Kier alpha value is -2.95. The zero-order valence-electron chi connectivity index (χ0n) is 15.4. The summed E-state index contributed by atoms with van der Waals surface area (Å²) in [5, 5.41) is 13.3. The predicted octanol–water partition coefficient (Wildman–Crippen LogP) is 2.92. The number of carbonyl (C=O) groups excluding carboxylic acids is 1. The first-order valence-corrected chi connectivity index (χ1v) is 9.74. The molecule has 1 aliphatic heterocycles. The molecule has 11 heteroatoms. The third-order valence-electron chi connectivity index (χ3n) is 4.70. The predicted molar refractivity (Wildman–Crippen MR) is 102 cm³/mol. The standard InChI is InChI=1S/C18H17F3N6OS/c1-25-13(11-12(24-25)14-3-2-10-29-14)17(28)27-8-6-26(7-9-27)16-5-4-15(22-23-16)18(19,20)21/h2-5,10-11H,6-9H2,1H3. The van der Waals surface area contributed by atoms with Gasteiger partial charge in [0.15, 0.2) is 11.5 Å². The quantitative estimate of drug-likeness (QED) is 0.649. The molecule has 1 saturated heterocycles. The molecule has 0 radical (unpaired) electrons. The SMILES string of the molecule is Cn1nc(-c2cccs2)cc1C(=O)N1CCN(c2ccc(C(F)(F)F)nn2)CC1. The summed E-state index contributed by atoms with van der Waals surface area (Å²) in [5.41, 5.74) is 0.230. The number of amides is 1. The van der Waals surface area contributed by atoms with E-state index in [0.29, 0.717) is 37.7 Å². The van der Waals surface area contributed by atoms with Crippen LogP contribution in [0.2, 0.25) is 0 Å². The lowest BCUT2D eigenvalue weighted by Gasteiger charge is -2.35. The second kappa shape index (κ2) is 7.47. The van der Waals surface area contributed by atoms with Crippen LogP contribution in [0.3, 0.4) is 0 Å². The smallest absolute Gasteiger partial charge is 0.352 e. The van der Waals surface area contributed by atoms with E-state index in [-0.39, 0.29) is 5.91 Å². The lowest BCUT2D eigenvalue weighted by Crippen LogP contribution is -2.49. The van der Waals surface area contributed by atoms with E-state index in [4.69, 9.17) is 0 Å². The van der Waals surface area contributed by atoms with E-state index in [1.165, 1.54) is 6.07 Å². The molecule has 0 unspecified atom stereocenters. The summed E-state index contributed by atoms with van der Waals surface area (Å²) < 4.78 is 39.4. The van der Waals surface area contributed by atoms with Crippen LogP contribution in [0, 0.1) is 0 Å². The average Bonchev–Trinajstić information content (AvgIpc) is 3.37. The molecular weight excluding hydrogens is 405 g/mol. The fourth-order valence-corrected chi connectivity index (χ4v) is 3.84. The lowest BCUT2D eigenvalue weighted by atomic mass is 10.2. The van der Waals surface area contributed by atoms with Crippen molar-refractivity contribution in [3.05, 3.63) is 47.1 Å². The van der Waals surface area contributed by atoms with Gasteiger partial charge >= 0.3 is 6.18 Å². The molecule has 29 heavy (non-hydrogen) atoms. The summed E-state index contributed by atoms with van der Waals surface area (Å²) in [5.74, 6) is 0.242. The van der Waals surface area contributed by atoms with Crippen molar-refractivity contribution >= 4 is 23.1 Å². The van der Waals surface area contributed by atoms with E-state index in [2.05, 4.69) is 15.3 Å². The summed E-state index contributed by atoms with van der Waals surface area (Å²) in [4.78, 5) is 17.4. The van der Waals surface area contributed by atoms with Crippen molar-refractivity contribution in [3.8, 4) is 10.6 Å². The molecule has 152 valence electrons. The molecule has 0 spiro atoms. The number of aryl methyl sites for hydroxylation is 1. The van der Waals surface area contributed by atoms with Crippen LogP contribution < -0.4 is 4.90 Å². The Bertz CT molecular complexity index is 992. The zero-order chi connectivity index (χ0) is 20.6. The highest BCUT2D eigenvalue weighted by Crippen LogP contribution is 2.28. The van der Waals surface area contributed by atoms with Gasteiger partial charge in [-0.15, -0.1) is 21.5 Å². The second-order valence-electron chi connectivity index (χ2n) is 6.57. The fraction of sp³-hybridized carbons (Fsp3) is 0.333. The second-order valence-corrected chi connectivity index (χ2v) is 7.52. The number of aromatic nitrogens is 4. The molecule has 0 saturated carbocycles. The maximum Gasteiger partial charge on any atom is 0.435 e. The number of alkyl halides is 3. The van der Waals surface area contributed by atoms with Gasteiger partial charge < -0.3 is 9.80 Å². The third-order valence-corrected chi connectivity index (χ3v) is 5.60. The molecule has 1 aliphatic rings. The summed E-state index contributed by atoms with van der Waals surface area (Å²) in [6.45, 7) is 1.78. The van der Waals surface area contributed by atoms with Crippen molar-refractivity contribution in [1.82, 2.24) is 24.9 Å². The molecule has 4 heterocycles. The largest absolute Gasteiger partial charge is 0.435 e. The first-order valence-electron chi connectivity index (χ1n) is 8.86. The van der Waals surface area contributed by atoms with Crippen molar-refractivity contribution in [2.75, 3.05) is 31.1 Å². The molecule has 3 aromatic heterocycles. The van der Waals surface area contributed by atoms with E-state index >= 15 is 0 Å². The van der Waals surface area contributed by atoms with Crippen LogP contribution in [0.15, 0.2) is 35.7 Å². The Labute approximate surface area is 168 Å². The molecule has 1 amide bonds. The average molecular weight is 422 g/mol. The number of anilines is 1. The molecule has 0 N–H and O–H groups in total. The minimum atomic E-state index is -4.51. The Morgan fingerprint density at radius 1 is 1.10 bits per heavy atom. The normalized spacial score (nSPS) is 15.0. The number of piperazine rings is 1. The van der Waals surface area contributed by atoms with Gasteiger partial charge in [0.05, 0.1) is 4.88 Å². The topological polar surface area (TPSA) is 67.2 Å². The zero-order valence-corrected chi connectivity index (χ0v) is 16.2. The molecule has 0 aromatic carbocycles. The number of hydrogen-bond acceptors (Lipinski definition) is 6. The number of carbonyl (C=O) groups is 1. The fourth-order valence-electron chi connectivity index (χ4n) is 3.16. The van der Waals surface area contributed by atoms with Crippen LogP contribution in [0.5, 0.6) is 0 Å². The van der Waals surface area contributed by atoms with E-state index in [1.54, 1.807) is 34.0 Å². The number of hydrogen-bond donors (Lipinski definition) is 0. The molecular formula is C18H17F3N6OS. The first kappa shape index (κ1) is 19.4. The van der Waals surface area contributed by atoms with Gasteiger partial charge in [-0.05, 0) is 29.6 Å². The van der Waals surface area contributed by atoms with Crippen LogP contribution in [0.1, 0.15) is 16.2 Å². The van der Waals surface area contributed by atoms with Crippen LogP contribution in [0.25, 0.3) is 10.6 Å². The Balaban J connectivity index is 1.41. The minimum absolute atomic E-state index is 0.124. The number of halogens is 3. The minimum Gasteiger partial charge on any atom is -0.352 e. The van der Waals surface area contributed by atoms with Crippen LogP contribution in [-0.4, -0.2) is 57.0 Å². The summed E-state index contributed by atoms with van der Waals surface area (Å²) in [6, 6.07) is 7.88. The Kier molecular flexibility index (Phi) is 4.99. The van der Waals surface area contributed by atoms with Gasteiger partial charge in [0.1, 0.15) is 11.4 Å². The summed E-state index contributed by atoms with van der Waals surface area (Å²) >= 11 is 1.56. The van der Waals surface area contributed by atoms with Gasteiger partial charge in [0.2, 0.25) is 0 Å². The number of nitrogens with zero attached hydrogens (tertiary/aromatic N) is 6. The monoisotopic (exact) mass is 422 g/mol. The third kappa shape index (κ3) is 3.95. The van der Waals surface area contributed by atoms with Crippen molar-refractivity contribution in [2.24, 2.45) is 7.05 Å². The van der Waals surface area contributed by atoms with Gasteiger partial charge in [-0.25, -0.2) is 0 Å². The lowest BCUT2D eigenvalue weighted by molar-refractivity contribution is -0.141. The molecule has 0 aliphatic carbocycles. The Morgan fingerprint density at radius 3 is 2.45 bits per heavy atom. The maximum absolute atomic E-state index is 12.9. The summed E-state index contributed by atoms with van der Waals surface area (Å²) in [6.07, 6.45) is -4.51. The van der Waals surface area contributed by atoms with Crippen molar-refractivity contribution in [1.29, 1.82) is 0 Å². The Morgan fingerprint density at radius 2 is 1.86 bits per heavy atom. The van der Waals surface area contributed by atoms with Crippen LogP contribution in [0.4, 0.5) is 19.0 Å². The molecule has 3 aromatic rings. The first-order chi connectivity index (χ1) is 13.8. The molecule has 0 bridgehead atoms.